The number of anilines is 1. The van der Waals surface area contributed by atoms with Gasteiger partial charge in [0.25, 0.3) is 0 Å². The van der Waals surface area contributed by atoms with E-state index in [9.17, 15) is 4.79 Å². The number of ether oxygens (including phenoxy) is 2. The molecule has 28 heavy (non-hydrogen) atoms. The topological polar surface area (TPSA) is 96.7 Å². The van der Waals surface area contributed by atoms with Crippen molar-refractivity contribution in [3.05, 3.63) is 29.8 Å². The number of methoxy groups -OCH3 is 1. The predicted octanol–water partition coefficient (Wildman–Crippen LogP) is 0.893. The largest absolute Gasteiger partial charge is 0.456 e. The molecule has 3 aromatic rings. The molecule has 3 N–H and O–H groups in total. The van der Waals surface area contributed by atoms with E-state index in [2.05, 4.69) is 19.1 Å². The molecule has 3 rings (SSSR count). The maximum atomic E-state index is 12.9. The Balaban J connectivity index is 2.09. The summed E-state index contributed by atoms with van der Waals surface area (Å²) in [6, 6.07) is 7.57. The second kappa shape index (κ2) is 8.53. The number of quaternary nitrogens is 1. The Hall–Kier alpha value is -2.71. The summed E-state index contributed by atoms with van der Waals surface area (Å²) in [5, 5.41) is 0. The third-order valence-electron chi connectivity index (χ3n) is 4.56. The van der Waals surface area contributed by atoms with Crippen LogP contribution in [0, 0.1) is 0 Å². The Kier molecular flexibility index (Phi) is 6.11. The highest BCUT2D eigenvalue weighted by atomic mass is 16.6. The van der Waals surface area contributed by atoms with Crippen LogP contribution in [0.1, 0.15) is 23.7 Å². The molecule has 1 atom stereocenters. The van der Waals surface area contributed by atoms with Crippen LogP contribution < -0.4 is 10.6 Å². The second-order valence-electron chi connectivity index (χ2n) is 7.28. The van der Waals surface area contributed by atoms with Crippen LogP contribution in [0.5, 0.6) is 0 Å². The quantitative estimate of drug-likeness (QED) is 0.558. The maximum absolute atomic E-state index is 12.9. The van der Waals surface area contributed by atoms with Crippen molar-refractivity contribution in [2.45, 2.75) is 26.0 Å². The lowest BCUT2D eigenvalue weighted by atomic mass is 10.2. The molecule has 0 fully saturated rings. The first-order valence-electron chi connectivity index (χ1n) is 9.45. The zero-order chi connectivity index (χ0) is 20.3. The van der Waals surface area contributed by atoms with Gasteiger partial charge in [0.05, 0.1) is 38.3 Å². The highest BCUT2D eigenvalue weighted by molar-refractivity contribution is 6.08. The molecule has 1 aromatic carbocycles. The number of aryl methyl sites for hydroxylation is 1. The minimum Gasteiger partial charge on any atom is -0.456 e. The van der Waals surface area contributed by atoms with E-state index in [4.69, 9.17) is 20.2 Å². The van der Waals surface area contributed by atoms with Gasteiger partial charge in [0.15, 0.2) is 5.65 Å². The van der Waals surface area contributed by atoms with Crippen molar-refractivity contribution in [3.8, 4) is 0 Å². The van der Waals surface area contributed by atoms with Gasteiger partial charge in [-0.3, -0.25) is 0 Å². The van der Waals surface area contributed by atoms with Gasteiger partial charge in [-0.05, 0) is 19.1 Å². The summed E-state index contributed by atoms with van der Waals surface area (Å²) in [6.45, 7) is 3.72. The first kappa shape index (κ1) is 20.0. The van der Waals surface area contributed by atoms with Gasteiger partial charge in [-0.1, -0.05) is 12.1 Å². The van der Waals surface area contributed by atoms with E-state index in [1.165, 1.54) is 4.90 Å². The first-order chi connectivity index (χ1) is 13.4. The number of aromatic nitrogens is 3. The van der Waals surface area contributed by atoms with E-state index >= 15 is 0 Å². The molecule has 0 amide bonds. The Bertz CT molecular complexity index is 983. The van der Waals surface area contributed by atoms with E-state index in [1.54, 1.807) is 14.0 Å². The number of hydrogen-bond acceptors (Lipinski definition) is 6. The smallest absolute Gasteiger partial charge is 0.344 e. The van der Waals surface area contributed by atoms with Crippen LogP contribution in [0.3, 0.4) is 0 Å². The van der Waals surface area contributed by atoms with Gasteiger partial charge < -0.3 is 24.7 Å². The van der Waals surface area contributed by atoms with Crippen molar-refractivity contribution in [1.29, 1.82) is 0 Å². The van der Waals surface area contributed by atoms with E-state index < -0.39 is 5.97 Å². The number of fused-ring (bicyclic) bond motifs is 2. The van der Waals surface area contributed by atoms with Crippen LogP contribution in [0.2, 0.25) is 0 Å². The van der Waals surface area contributed by atoms with Crippen molar-refractivity contribution in [3.63, 3.8) is 0 Å². The molecule has 0 bridgehead atoms. The van der Waals surface area contributed by atoms with Gasteiger partial charge in [-0.15, -0.1) is 0 Å². The number of para-hydroxylation sites is 2. The van der Waals surface area contributed by atoms with Crippen molar-refractivity contribution >= 4 is 34.0 Å². The number of nitrogen functional groups attached to an aromatic ring is 1. The molecule has 0 unspecified atom stereocenters. The lowest BCUT2D eigenvalue weighted by Crippen LogP contribution is -3.05. The molecule has 0 saturated heterocycles. The van der Waals surface area contributed by atoms with E-state index in [1.807, 2.05) is 28.8 Å². The summed E-state index contributed by atoms with van der Waals surface area (Å²) in [6.07, 6.45) is 0.514. The minimum atomic E-state index is -0.506. The number of nitrogens with two attached hydrogens (primary N) is 1. The van der Waals surface area contributed by atoms with Crippen LogP contribution in [-0.4, -0.2) is 61.0 Å². The van der Waals surface area contributed by atoms with Crippen LogP contribution in [0.4, 0.5) is 5.82 Å². The van der Waals surface area contributed by atoms with E-state index in [-0.39, 0.29) is 11.7 Å². The first-order valence-corrected chi connectivity index (χ1v) is 9.45. The highest BCUT2D eigenvalue weighted by Crippen LogP contribution is 2.29. The number of nitrogens with zero attached hydrogens (tertiary/aromatic N) is 3. The molecular formula is C20H28N5O3+. The van der Waals surface area contributed by atoms with Gasteiger partial charge in [0.1, 0.15) is 23.0 Å². The number of benzene rings is 1. The lowest BCUT2D eigenvalue weighted by Gasteiger charge is -2.12. The Morgan fingerprint density at radius 1 is 1.25 bits per heavy atom. The van der Waals surface area contributed by atoms with Crippen LogP contribution in [0.25, 0.3) is 22.2 Å². The van der Waals surface area contributed by atoms with Gasteiger partial charge in [0.2, 0.25) is 0 Å². The number of rotatable bonds is 8. The summed E-state index contributed by atoms with van der Waals surface area (Å²) in [4.78, 5) is 23.6. The highest BCUT2D eigenvalue weighted by Gasteiger charge is 2.26. The molecule has 150 valence electrons. The average Bonchev–Trinajstić information content (AvgIpc) is 2.90. The van der Waals surface area contributed by atoms with Crippen molar-refractivity contribution in [2.24, 2.45) is 0 Å². The standard InChI is InChI=1S/C20H27N5O3/c1-13(12-27-4)28-20(26)16-17-19(23-15-9-6-5-8-14(15)22-17)25(18(16)21)11-7-10-24(2)3/h5-6,8-9,13H,7,10-12,21H2,1-4H3/p+1/t13-/m0/s1. The lowest BCUT2D eigenvalue weighted by molar-refractivity contribution is -0.858. The third-order valence-corrected chi connectivity index (χ3v) is 4.56. The number of hydrogen-bond donors (Lipinski definition) is 2. The van der Waals surface area contributed by atoms with Crippen molar-refractivity contribution < 1.29 is 19.2 Å². The molecule has 2 heterocycles. The van der Waals surface area contributed by atoms with Crippen LogP contribution >= 0.6 is 0 Å². The molecule has 0 aliphatic rings. The summed E-state index contributed by atoms with van der Waals surface area (Å²) in [7, 11) is 5.77. The Morgan fingerprint density at radius 3 is 2.57 bits per heavy atom. The van der Waals surface area contributed by atoms with E-state index in [0.29, 0.717) is 35.7 Å². The molecule has 8 heteroatoms. The molecule has 0 aliphatic heterocycles. The molecule has 0 spiro atoms. The molecule has 0 aliphatic carbocycles. The summed E-state index contributed by atoms with van der Waals surface area (Å²) in [5.74, 6) is -0.165. The van der Waals surface area contributed by atoms with Crippen molar-refractivity contribution in [1.82, 2.24) is 14.5 Å². The van der Waals surface area contributed by atoms with Crippen LogP contribution in [0.15, 0.2) is 24.3 Å². The van der Waals surface area contributed by atoms with Crippen molar-refractivity contribution in [2.75, 3.05) is 40.1 Å². The molecule has 0 saturated carbocycles. The zero-order valence-corrected chi connectivity index (χ0v) is 16.9. The zero-order valence-electron chi connectivity index (χ0n) is 16.9. The van der Waals surface area contributed by atoms with Crippen LogP contribution in [-0.2, 0) is 16.0 Å². The normalized spacial score (nSPS) is 12.8. The Morgan fingerprint density at radius 2 is 1.93 bits per heavy atom. The van der Waals surface area contributed by atoms with Gasteiger partial charge in [-0.25, -0.2) is 14.8 Å². The predicted molar refractivity (Wildman–Crippen MR) is 108 cm³/mol. The molecule has 2 aromatic heterocycles. The number of carbonyl (C=O) groups is 1. The fraction of sp³-hybridized carbons (Fsp3) is 0.450. The minimum absolute atomic E-state index is 0.272. The summed E-state index contributed by atoms with van der Waals surface area (Å²) >= 11 is 0. The Labute approximate surface area is 164 Å². The third kappa shape index (κ3) is 4.07. The molecule has 0 radical (unpaired) electrons. The summed E-state index contributed by atoms with van der Waals surface area (Å²) < 4.78 is 12.4. The van der Waals surface area contributed by atoms with Gasteiger partial charge in [0, 0.05) is 20.1 Å². The number of esters is 1. The molecular weight excluding hydrogens is 358 g/mol. The fourth-order valence-electron chi connectivity index (χ4n) is 3.25. The van der Waals surface area contributed by atoms with Gasteiger partial charge in [-0.2, -0.15) is 0 Å². The monoisotopic (exact) mass is 386 g/mol. The average molecular weight is 386 g/mol. The second-order valence-corrected chi connectivity index (χ2v) is 7.28. The SMILES string of the molecule is COC[C@H](C)OC(=O)c1c(N)n(CCC[NH+](C)C)c2nc3ccccc3nc12. The molecule has 8 nitrogen and oxygen atoms in total. The fourth-order valence-corrected chi connectivity index (χ4v) is 3.25. The maximum Gasteiger partial charge on any atom is 0.344 e. The number of carbonyl (C=O) groups excluding carboxylic acids is 1. The van der Waals surface area contributed by atoms with E-state index in [0.717, 1.165) is 18.5 Å². The van der Waals surface area contributed by atoms with Gasteiger partial charge >= 0.3 is 5.97 Å². The number of nitrogens with one attached hydrogen (secondary N) is 1. The summed E-state index contributed by atoms with van der Waals surface area (Å²) in [5.41, 5.74) is 9.22.